The van der Waals surface area contributed by atoms with Gasteiger partial charge in [-0.2, -0.15) is 13.2 Å². The summed E-state index contributed by atoms with van der Waals surface area (Å²) < 4.78 is 31.7. The Kier molecular flexibility index (Phi) is 5.67. The Balaban J connectivity index is 0.000000360. The van der Waals surface area contributed by atoms with E-state index in [1.54, 1.807) is 18.2 Å². The zero-order valence-corrected chi connectivity index (χ0v) is 8.94. The number of halogens is 3. The summed E-state index contributed by atoms with van der Waals surface area (Å²) in [5.41, 5.74) is 5.69. The predicted molar refractivity (Wildman–Crippen MR) is 54.7 cm³/mol. The molecule has 0 aliphatic rings. The molecule has 18 heavy (non-hydrogen) atoms. The molecule has 0 aromatic heterocycles. The molecule has 1 amide bonds. The monoisotopic (exact) mass is 265 g/mol. The van der Waals surface area contributed by atoms with E-state index in [4.69, 9.17) is 20.7 Å². The first-order valence-electron chi connectivity index (χ1n) is 4.49. The molecule has 5 nitrogen and oxygen atoms in total. The maximum atomic E-state index is 10.6. The molecule has 1 aromatic rings. The number of aromatic hydroxyl groups is 1. The number of carbonyl (C=O) groups is 2. The van der Waals surface area contributed by atoms with Crippen molar-refractivity contribution in [3.05, 3.63) is 29.8 Å². The number of phenols is 1. The van der Waals surface area contributed by atoms with Gasteiger partial charge in [-0.1, -0.05) is 12.1 Å². The number of phenolic OH excluding ortho intramolecular Hbond substituents is 1. The third-order valence-electron chi connectivity index (χ3n) is 1.53. The van der Waals surface area contributed by atoms with Crippen molar-refractivity contribution in [1.29, 1.82) is 0 Å². The molecule has 0 fully saturated rings. The van der Waals surface area contributed by atoms with Gasteiger partial charge in [-0.25, -0.2) is 4.79 Å². The smallest absolute Gasteiger partial charge is 0.490 e. The van der Waals surface area contributed by atoms with Crippen LogP contribution in [0.1, 0.15) is 5.56 Å². The van der Waals surface area contributed by atoms with Crippen LogP contribution in [-0.4, -0.2) is 28.3 Å². The molecular formula is C10H10F3NO4. The largest absolute Gasteiger partial charge is 0.508 e. The number of aliphatic carboxylic acids is 1. The first kappa shape index (κ1) is 15.8. The fourth-order valence-electron chi connectivity index (χ4n) is 0.868. The van der Waals surface area contributed by atoms with Crippen molar-refractivity contribution in [2.45, 2.75) is 12.6 Å². The summed E-state index contributed by atoms with van der Waals surface area (Å²) in [5.74, 6) is -2.99. The second-order valence-corrected chi connectivity index (χ2v) is 3.12. The van der Waals surface area contributed by atoms with Gasteiger partial charge in [-0.15, -0.1) is 0 Å². The summed E-state index contributed by atoms with van der Waals surface area (Å²) in [6.45, 7) is 0. The lowest BCUT2D eigenvalue weighted by molar-refractivity contribution is -0.192. The number of carboxylic acids is 1. The normalized spacial score (nSPS) is 10.2. The minimum Gasteiger partial charge on any atom is -0.508 e. The lowest BCUT2D eigenvalue weighted by atomic mass is 10.1. The van der Waals surface area contributed by atoms with Crippen molar-refractivity contribution in [3.63, 3.8) is 0 Å². The van der Waals surface area contributed by atoms with E-state index < -0.39 is 18.1 Å². The molecule has 1 rings (SSSR count). The van der Waals surface area contributed by atoms with Gasteiger partial charge in [0, 0.05) is 0 Å². The Bertz CT molecular complexity index is 431. The first-order valence-corrected chi connectivity index (χ1v) is 4.49. The van der Waals surface area contributed by atoms with Crippen LogP contribution >= 0.6 is 0 Å². The summed E-state index contributed by atoms with van der Waals surface area (Å²) >= 11 is 0. The van der Waals surface area contributed by atoms with Crippen LogP contribution in [0.4, 0.5) is 13.2 Å². The molecule has 0 bridgehead atoms. The molecule has 100 valence electrons. The van der Waals surface area contributed by atoms with E-state index in [-0.39, 0.29) is 12.2 Å². The Morgan fingerprint density at radius 2 is 1.78 bits per heavy atom. The molecule has 8 heteroatoms. The Hall–Kier alpha value is -2.25. The van der Waals surface area contributed by atoms with E-state index in [1.807, 2.05) is 0 Å². The number of benzene rings is 1. The second kappa shape index (κ2) is 6.48. The molecule has 0 atom stereocenters. The van der Waals surface area contributed by atoms with E-state index in [9.17, 15) is 18.0 Å². The molecule has 1 aromatic carbocycles. The molecule has 0 heterocycles. The van der Waals surface area contributed by atoms with Crippen LogP contribution in [0.5, 0.6) is 5.75 Å². The fourth-order valence-corrected chi connectivity index (χ4v) is 0.868. The highest BCUT2D eigenvalue weighted by molar-refractivity contribution is 5.76. The van der Waals surface area contributed by atoms with E-state index in [0.29, 0.717) is 0 Å². The molecule has 4 N–H and O–H groups in total. The highest BCUT2D eigenvalue weighted by atomic mass is 19.4. The van der Waals surface area contributed by atoms with E-state index in [2.05, 4.69) is 0 Å². The number of carboxylic acid groups (broad SMARTS) is 1. The van der Waals surface area contributed by atoms with Gasteiger partial charge in [0.1, 0.15) is 5.75 Å². The molecule has 0 unspecified atom stereocenters. The van der Waals surface area contributed by atoms with Crippen molar-refractivity contribution in [1.82, 2.24) is 0 Å². The molecule has 0 aliphatic carbocycles. The summed E-state index contributed by atoms with van der Waals surface area (Å²) in [4.78, 5) is 19.3. The van der Waals surface area contributed by atoms with E-state index >= 15 is 0 Å². The van der Waals surface area contributed by atoms with Crippen LogP contribution in [0.3, 0.4) is 0 Å². The van der Waals surface area contributed by atoms with Crippen LogP contribution in [0, 0.1) is 0 Å². The zero-order valence-electron chi connectivity index (χ0n) is 8.94. The van der Waals surface area contributed by atoms with Crippen LogP contribution in [-0.2, 0) is 16.0 Å². The van der Waals surface area contributed by atoms with Gasteiger partial charge in [0.25, 0.3) is 0 Å². The number of amides is 1. The van der Waals surface area contributed by atoms with Gasteiger partial charge in [-0.05, 0) is 17.7 Å². The zero-order chi connectivity index (χ0) is 14.3. The van der Waals surface area contributed by atoms with Gasteiger partial charge in [-0.3, -0.25) is 4.79 Å². The lowest BCUT2D eigenvalue weighted by Crippen LogP contribution is -2.21. The summed E-state index contributed by atoms with van der Waals surface area (Å²) in [7, 11) is 0. The summed E-state index contributed by atoms with van der Waals surface area (Å²) in [5, 5.41) is 16.1. The second-order valence-electron chi connectivity index (χ2n) is 3.12. The van der Waals surface area contributed by atoms with Crippen LogP contribution in [0.15, 0.2) is 24.3 Å². The summed E-state index contributed by atoms with van der Waals surface area (Å²) in [6.07, 6.45) is -4.91. The number of hydrogen-bond donors (Lipinski definition) is 3. The summed E-state index contributed by atoms with van der Waals surface area (Å²) in [6, 6.07) is 6.48. The predicted octanol–water partition coefficient (Wildman–Crippen LogP) is 1.05. The maximum absolute atomic E-state index is 10.6. The van der Waals surface area contributed by atoms with Crippen molar-refractivity contribution in [3.8, 4) is 5.75 Å². The minimum absolute atomic E-state index is 0.156. The quantitative estimate of drug-likeness (QED) is 0.744. The Labute approximate surface area is 99.6 Å². The van der Waals surface area contributed by atoms with Crippen LogP contribution in [0.2, 0.25) is 0 Å². The lowest BCUT2D eigenvalue weighted by Gasteiger charge is -1.96. The number of hydrogen-bond acceptors (Lipinski definition) is 3. The molecule has 0 saturated carbocycles. The number of alkyl halides is 3. The maximum Gasteiger partial charge on any atom is 0.490 e. The fraction of sp³-hybridized carbons (Fsp3) is 0.200. The van der Waals surface area contributed by atoms with Crippen molar-refractivity contribution in [2.24, 2.45) is 5.73 Å². The standard InChI is InChI=1S/C8H9NO2.C2HF3O2/c9-8(11)5-6-2-1-3-7(10)4-6;3-2(4,5)1(6)7/h1-4,10H,5H2,(H2,9,11);(H,6,7). The third-order valence-corrected chi connectivity index (χ3v) is 1.53. The van der Waals surface area contributed by atoms with Crippen molar-refractivity contribution in [2.75, 3.05) is 0 Å². The number of rotatable bonds is 2. The molecule has 0 spiro atoms. The Morgan fingerprint density at radius 3 is 2.11 bits per heavy atom. The van der Waals surface area contributed by atoms with Crippen molar-refractivity contribution < 1.29 is 33.0 Å². The average Bonchev–Trinajstić information content (AvgIpc) is 2.15. The van der Waals surface area contributed by atoms with E-state index in [1.165, 1.54) is 6.07 Å². The van der Waals surface area contributed by atoms with Gasteiger partial charge in [0.2, 0.25) is 5.91 Å². The van der Waals surface area contributed by atoms with Gasteiger partial charge in [0.15, 0.2) is 0 Å². The molecule has 0 aliphatic heterocycles. The third kappa shape index (κ3) is 7.09. The average molecular weight is 265 g/mol. The van der Waals surface area contributed by atoms with E-state index in [0.717, 1.165) is 5.56 Å². The number of primary amides is 1. The van der Waals surface area contributed by atoms with Gasteiger partial charge >= 0.3 is 12.1 Å². The van der Waals surface area contributed by atoms with Crippen LogP contribution < -0.4 is 5.73 Å². The minimum atomic E-state index is -5.08. The topological polar surface area (TPSA) is 101 Å². The van der Waals surface area contributed by atoms with Gasteiger partial charge < -0.3 is 15.9 Å². The Morgan fingerprint density at radius 1 is 1.28 bits per heavy atom. The highest BCUT2D eigenvalue weighted by Crippen LogP contribution is 2.13. The molecule has 0 saturated heterocycles. The first-order chi connectivity index (χ1) is 8.12. The molecular weight excluding hydrogens is 255 g/mol. The highest BCUT2D eigenvalue weighted by Gasteiger charge is 2.38. The van der Waals surface area contributed by atoms with Crippen LogP contribution in [0.25, 0.3) is 0 Å². The van der Waals surface area contributed by atoms with Crippen molar-refractivity contribution >= 4 is 11.9 Å². The number of nitrogens with two attached hydrogens (primary N) is 1. The SMILES string of the molecule is NC(=O)Cc1cccc(O)c1.O=C(O)C(F)(F)F. The molecule has 0 radical (unpaired) electrons. The van der Waals surface area contributed by atoms with Gasteiger partial charge in [0.05, 0.1) is 6.42 Å². The number of carbonyl (C=O) groups excluding carboxylic acids is 1.